The van der Waals surface area contributed by atoms with E-state index in [1.807, 2.05) is 24.3 Å². The van der Waals surface area contributed by atoms with E-state index in [0.29, 0.717) is 18.7 Å². The molecule has 0 spiro atoms. The van der Waals surface area contributed by atoms with Gasteiger partial charge in [-0.2, -0.15) is 0 Å². The molecule has 1 unspecified atom stereocenters. The fourth-order valence-electron chi connectivity index (χ4n) is 1.60. The Kier molecular flexibility index (Phi) is 4.62. The minimum Gasteiger partial charge on any atom is -0.490 e. The smallest absolute Gasteiger partial charge is 0.404 e. The Morgan fingerprint density at radius 3 is 3.21 bits per heavy atom. The maximum atomic E-state index is 10.3. The zero-order valence-electron chi connectivity index (χ0n) is 10.0. The first-order valence-electron chi connectivity index (χ1n) is 5.70. The van der Waals surface area contributed by atoms with Gasteiger partial charge < -0.3 is 20.0 Å². The van der Waals surface area contributed by atoms with Crippen molar-refractivity contribution in [2.75, 3.05) is 13.2 Å². The molecule has 0 radical (unpaired) electrons. The number of hydrogen-bond donors (Lipinski definition) is 2. The number of ether oxygens (including phenoxy) is 1. The summed E-state index contributed by atoms with van der Waals surface area (Å²) in [6.45, 7) is 0.555. The van der Waals surface area contributed by atoms with E-state index >= 15 is 0 Å². The van der Waals surface area contributed by atoms with Gasteiger partial charge in [-0.25, -0.2) is 4.79 Å². The van der Waals surface area contributed by atoms with Crippen molar-refractivity contribution in [1.82, 2.24) is 5.32 Å². The lowest BCUT2D eigenvalue weighted by Gasteiger charge is -2.10. The van der Waals surface area contributed by atoms with E-state index in [1.54, 1.807) is 0 Å². The molecule has 0 aliphatic carbocycles. The van der Waals surface area contributed by atoms with Gasteiger partial charge in [-0.15, -0.1) is 0 Å². The summed E-state index contributed by atoms with van der Waals surface area (Å²) in [5.74, 6) is 0.745. The Labute approximate surface area is 118 Å². The van der Waals surface area contributed by atoms with E-state index in [2.05, 4.69) is 26.4 Å². The van der Waals surface area contributed by atoms with Crippen LogP contribution in [0.2, 0.25) is 0 Å². The van der Waals surface area contributed by atoms with Gasteiger partial charge in [0.25, 0.3) is 0 Å². The lowest BCUT2D eigenvalue weighted by molar-refractivity contribution is 0.0470. The molecule has 1 amide bonds. The molecule has 2 N–H and O–H groups in total. The highest BCUT2D eigenvalue weighted by Gasteiger charge is 2.21. The molecule has 0 saturated carbocycles. The van der Waals surface area contributed by atoms with Gasteiger partial charge in [-0.05, 0) is 18.2 Å². The largest absolute Gasteiger partial charge is 0.490 e. The third-order valence-corrected chi connectivity index (χ3v) is 2.96. The third kappa shape index (κ3) is 4.44. The number of rotatable bonds is 5. The molecule has 102 valence electrons. The highest BCUT2D eigenvalue weighted by Crippen LogP contribution is 2.19. The summed E-state index contributed by atoms with van der Waals surface area (Å²) < 4.78 is 6.52. The van der Waals surface area contributed by atoms with E-state index in [0.717, 1.165) is 10.2 Å². The molecule has 0 bridgehead atoms. The Balaban J connectivity index is 1.73. The summed E-state index contributed by atoms with van der Waals surface area (Å²) in [5, 5.41) is 14.6. The van der Waals surface area contributed by atoms with Crippen molar-refractivity contribution in [3.05, 3.63) is 28.7 Å². The molecule has 1 atom stereocenters. The van der Waals surface area contributed by atoms with Crippen LogP contribution in [-0.4, -0.2) is 36.2 Å². The molecule has 1 aliphatic rings. The van der Waals surface area contributed by atoms with Crippen molar-refractivity contribution in [2.24, 2.45) is 5.16 Å². The van der Waals surface area contributed by atoms with Crippen LogP contribution < -0.4 is 10.1 Å². The Morgan fingerprint density at radius 2 is 2.47 bits per heavy atom. The topological polar surface area (TPSA) is 80.2 Å². The SMILES string of the molecule is O=C(O)NCC1=NOC(COc2cccc(Br)c2)C1. The van der Waals surface area contributed by atoms with Crippen LogP contribution in [0, 0.1) is 0 Å². The van der Waals surface area contributed by atoms with Crippen LogP contribution in [0.4, 0.5) is 4.79 Å². The molecule has 0 saturated heterocycles. The minimum absolute atomic E-state index is 0.176. The minimum atomic E-state index is -1.07. The molecule has 0 aromatic heterocycles. The van der Waals surface area contributed by atoms with E-state index in [1.165, 1.54) is 0 Å². The van der Waals surface area contributed by atoms with Gasteiger partial charge in [0.2, 0.25) is 0 Å². The first-order valence-corrected chi connectivity index (χ1v) is 6.49. The number of amides is 1. The molecule has 7 heteroatoms. The van der Waals surface area contributed by atoms with Gasteiger partial charge in [0.05, 0.1) is 12.3 Å². The maximum absolute atomic E-state index is 10.3. The predicted octanol–water partition coefficient (Wildman–Crippen LogP) is 2.24. The van der Waals surface area contributed by atoms with Gasteiger partial charge in [0.1, 0.15) is 12.4 Å². The molecule has 6 nitrogen and oxygen atoms in total. The zero-order chi connectivity index (χ0) is 13.7. The van der Waals surface area contributed by atoms with Gasteiger partial charge in [-0.1, -0.05) is 27.2 Å². The quantitative estimate of drug-likeness (QED) is 0.868. The molecule has 2 rings (SSSR count). The van der Waals surface area contributed by atoms with Crippen molar-refractivity contribution < 1.29 is 19.5 Å². The molecule has 1 aromatic carbocycles. The van der Waals surface area contributed by atoms with Crippen LogP contribution in [-0.2, 0) is 4.84 Å². The summed E-state index contributed by atoms with van der Waals surface area (Å²) in [6.07, 6.45) is -0.685. The van der Waals surface area contributed by atoms with E-state index in [9.17, 15) is 4.79 Å². The first kappa shape index (κ1) is 13.7. The van der Waals surface area contributed by atoms with Gasteiger partial charge >= 0.3 is 6.09 Å². The Morgan fingerprint density at radius 1 is 1.63 bits per heavy atom. The average Bonchev–Trinajstić information content (AvgIpc) is 2.82. The normalized spacial score (nSPS) is 17.5. The maximum Gasteiger partial charge on any atom is 0.404 e. The summed E-state index contributed by atoms with van der Waals surface area (Å²) in [7, 11) is 0. The summed E-state index contributed by atoms with van der Waals surface area (Å²) in [6, 6.07) is 7.52. The lowest BCUT2D eigenvalue weighted by Crippen LogP contribution is -2.28. The van der Waals surface area contributed by atoms with Crippen molar-refractivity contribution in [3.63, 3.8) is 0 Å². The van der Waals surface area contributed by atoms with Crippen LogP contribution in [0.15, 0.2) is 33.9 Å². The van der Waals surface area contributed by atoms with Gasteiger partial charge in [-0.3, -0.25) is 0 Å². The highest BCUT2D eigenvalue weighted by atomic mass is 79.9. The molecular formula is C12H13BrN2O4. The third-order valence-electron chi connectivity index (χ3n) is 2.47. The Hall–Kier alpha value is -1.76. The van der Waals surface area contributed by atoms with E-state index in [-0.39, 0.29) is 12.6 Å². The molecule has 1 aliphatic heterocycles. The number of carboxylic acid groups (broad SMARTS) is 1. The number of oxime groups is 1. The molecular weight excluding hydrogens is 316 g/mol. The van der Waals surface area contributed by atoms with Crippen LogP contribution >= 0.6 is 15.9 Å². The number of benzene rings is 1. The monoisotopic (exact) mass is 328 g/mol. The van der Waals surface area contributed by atoms with Crippen molar-refractivity contribution in [3.8, 4) is 5.75 Å². The predicted molar refractivity (Wildman–Crippen MR) is 72.6 cm³/mol. The summed E-state index contributed by atoms with van der Waals surface area (Å²) >= 11 is 3.36. The van der Waals surface area contributed by atoms with E-state index in [4.69, 9.17) is 14.7 Å². The van der Waals surface area contributed by atoms with Crippen LogP contribution in [0.5, 0.6) is 5.75 Å². The highest BCUT2D eigenvalue weighted by molar-refractivity contribution is 9.10. The second-order valence-electron chi connectivity index (χ2n) is 4.02. The lowest BCUT2D eigenvalue weighted by atomic mass is 10.2. The van der Waals surface area contributed by atoms with Crippen molar-refractivity contribution in [2.45, 2.75) is 12.5 Å². The number of nitrogens with zero attached hydrogens (tertiary/aromatic N) is 1. The van der Waals surface area contributed by atoms with Crippen molar-refractivity contribution in [1.29, 1.82) is 0 Å². The standard InChI is InChI=1S/C12H13BrN2O4/c13-8-2-1-3-10(4-8)18-7-11-5-9(15-19-11)6-14-12(16)17/h1-4,11,14H,5-7H2,(H,16,17). The second kappa shape index (κ2) is 6.42. The molecule has 1 heterocycles. The number of halogens is 1. The number of carbonyl (C=O) groups is 1. The second-order valence-corrected chi connectivity index (χ2v) is 4.93. The molecule has 0 fully saturated rings. The van der Waals surface area contributed by atoms with Gasteiger partial charge in [0.15, 0.2) is 6.10 Å². The molecule has 1 aromatic rings. The number of nitrogens with one attached hydrogen (secondary N) is 1. The summed E-state index contributed by atoms with van der Waals surface area (Å²) in [5.41, 5.74) is 0.672. The molecule has 19 heavy (non-hydrogen) atoms. The van der Waals surface area contributed by atoms with E-state index < -0.39 is 6.09 Å². The number of hydrogen-bond acceptors (Lipinski definition) is 4. The van der Waals surface area contributed by atoms with Crippen LogP contribution in [0.25, 0.3) is 0 Å². The van der Waals surface area contributed by atoms with Crippen LogP contribution in [0.1, 0.15) is 6.42 Å². The summed E-state index contributed by atoms with van der Waals surface area (Å²) in [4.78, 5) is 15.5. The first-order chi connectivity index (χ1) is 9.13. The van der Waals surface area contributed by atoms with Crippen LogP contribution in [0.3, 0.4) is 0 Å². The Bertz CT molecular complexity index is 492. The van der Waals surface area contributed by atoms with Crippen molar-refractivity contribution >= 4 is 27.7 Å². The fraction of sp³-hybridized carbons (Fsp3) is 0.333. The average molecular weight is 329 g/mol. The van der Waals surface area contributed by atoms with Gasteiger partial charge in [0, 0.05) is 10.9 Å². The fourth-order valence-corrected chi connectivity index (χ4v) is 1.98. The zero-order valence-corrected chi connectivity index (χ0v) is 11.6.